The maximum Gasteiger partial charge on any atom is 0.312 e. The maximum absolute atomic E-state index is 11.7. The van der Waals surface area contributed by atoms with E-state index in [1.165, 1.54) is 6.92 Å². The van der Waals surface area contributed by atoms with Crippen LogP contribution in [-0.2, 0) is 14.3 Å². The zero-order valence-corrected chi connectivity index (χ0v) is 11.1. The van der Waals surface area contributed by atoms with Gasteiger partial charge in [0.2, 0.25) is 5.91 Å². The Labute approximate surface area is 111 Å². The van der Waals surface area contributed by atoms with E-state index in [2.05, 4.69) is 10.6 Å². The van der Waals surface area contributed by atoms with Crippen LogP contribution < -0.4 is 10.6 Å². The molecule has 106 valence electrons. The summed E-state index contributed by atoms with van der Waals surface area (Å²) in [4.78, 5) is 22.8. The summed E-state index contributed by atoms with van der Waals surface area (Å²) in [6.07, 6.45) is 2.52. The minimum Gasteiger partial charge on any atom is -0.481 e. The lowest BCUT2D eigenvalue weighted by atomic mass is 9.54. The number of amides is 1. The quantitative estimate of drug-likeness (QED) is 0.664. The molecule has 0 atom stereocenters. The predicted octanol–water partition coefficient (Wildman–Crippen LogP) is -0.121. The zero-order chi connectivity index (χ0) is 13.7. The highest BCUT2D eigenvalue weighted by Gasteiger charge is 2.77. The predicted molar refractivity (Wildman–Crippen MR) is 66.6 cm³/mol. The number of hydrogen-bond acceptors (Lipinski definition) is 4. The monoisotopic (exact) mass is 268 g/mol. The van der Waals surface area contributed by atoms with E-state index in [9.17, 15) is 14.7 Å². The average molecular weight is 268 g/mol. The first-order valence-electron chi connectivity index (χ1n) is 6.83. The molecule has 6 nitrogen and oxygen atoms in total. The van der Waals surface area contributed by atoms with Gasteiger partial charge in [-0.3, -0.25) is 9.59 Å². The van der Waals surface area contributed by atoms with Crippen LogP contribution in [0.2, 0.25) is 0 Å². The molecule has 1 aliphatic carbocycles. The number of hydrogen-bond donors (Lipinski definition) is 3. The van der Waals surface area contributed by atoms with Gasteiger partial charge < -0.3 is 20.5 Å². The molecule has 0 aromatic heterocycles. The molecule has 1 saturated carbocycles. The van der Waals surface area contributed by atoms with Crippen molar-refractivity contribution >= 4 is 11.9 Å². The van der Waals surface area contributed by atoms with Crippen molar-refractivity contribution in [3.8, 4) is 0 Å². The van der Waals surface area contributed by atoms with Gasteiger partial charge in [-0.2, -0.15) is 0 Å². The molecule has 3 aliphatic heterocycles. The van der Waals surface area contributed by atoms with Crippen molar-refractivity contribution in [2.45, 2.75) is 43.8 Å². The number of carboxylic acid groups (broad SMARTS) is 1. The Morgan fingerprint density at radius 1 is 1.32 bits per heavy atom. The molecule has 0 aromatic rings. The Hall–Kier alpha value is -1.14. The van der Waals surface area contributed by atoms with E-state index in [1.54, 1.807) is 0 Å². The van der Waals surface area contributed by atoms with Gasteiger partial charge in [-0.05, 0) is 38.8 Å². The van der Waals surface area contributed by atoms with Gasteiger partial charge >= 0.3 is 5.97 Å². The summed E-state index contributed by atoms with van der Waals surface area (Å²) in [5, 5.41) is 15.7. The van der Waals surface area contributed by atoms with Crippen molar-refractivity contribution in [1.29, 1.82) is 0 Å². The number of rotatable bonds is 3. The van der Waals surface area contributed by atoms with Crippen molar-refractivity contribution in [2.75, 3.05) is 19.6 Å². The van der Waals surface area contributed by atoms with E-state index in [0.29, 0.717) is 19.4 Å². The topological polar surface area (TPSA) is 87.7 Å². The van der Waals surface area contributed by atoms with Crippen LogP contribution in [-0.4, -0.2) is 47.8 Å². The van der Waals surface area contributed by atoms with Crippen LogP contribution in [0.4, 0.5) is 0 Å². The molecule has 4 aliphatic rings. The van der Waals surface area contributed by atoms with E-state index in [4.69, 9.17) is 4.74 Å². The second kappa shape index (κ2) is 3.93. The van der Waals surface area contributed by atoms with Crippen LogP contribution in [0.15, 0.2) is 0 Å². The lowest BCUT2D eigenvalue weighted by Gasteiger charge is -2.46. The second-order valence-corrected chi connectivity index (χ2v) is 6.18. The molecule has 4 rings (SSSR count). The Bertz CT molecular complexity index is 422. The smallest absolute Gasteiger partial charge is 0.312 e. The number of carbonyl (C=O) groups excluding carboxylic acids is 1. The molecule has 0 aromatic carbocycles. The molecule has 3 heterocycles. The van der Waals surface area contributed by atoms with Crippen molar-refractivity contribution in [2.24, 2.45) is 5.41 Å². The molecule has 6 heteroatoms. The molecule has 1 spiro atoms. The third-order valence-corrected chi connectivity index (χ3v) is 5.01. The lowest BCUT2D eigenvalue weighted by Crippen LogP contribution is -2.58. The highest BCUT2D eigenvalue weighted by molar-refractivity contribution is 5.80. The number of ether oxygens (including phenoxy) is 1. The Morgan fingerprint density at radius 2 is 1.95 bits per heavy atom. The van der Waals surface area contributed by atoms with Crippen LogP contribution >= 0.6 is 0 Å². The molecule has 1 amide bonds. The largest absolute Gasteiger partial charge is 0.481 e. The first kappa shape index (κ1) is 12.9. The number of carboxylic acids is 1. The first-order chi connectivity index (χ1) is 8.94. The second-order valence-electron chi connectivity index (χ2n) is 6.18. The summed E-state index contributed by atoms with van der Waals surface area (Å²) >= 11 is 0. The standard InChI is InChI=1S/C13H20N2O4/c1-9(16)15-8-11-6-12(7-11,10(17)18)13(19-11)2-4-14-5-3-13/h14H,2-8H2,1H3,(H,15,16)(H,17,18). The third kappa shape index (κ3) is 1.63. The van der Waals surface area contributed by atoms with E-state index < -0.39 is 22.6 Å². The van der Waals surface area contributed by atoms with Crippen LogP contribution in [0.5, 0.6) is 0 Å². The van der Waals surface area contributed by atoms with Gasteiger partial charge in [-0.15, -0.1) is 0 Å². The van der Waals surface area contributed by atoms with Gasteiger partial charge in [-0.25, -0.2) is 0 Å². The number of aliphatic carboxylic acids is 1. The van der Waals surface area contributed by atoms with Crippen LogP contribution in [0.1, 0.15) is 32.6 Å². The van der Waals surface area contributed by atoms with Gasteiger partial charge in [0.25, 0.3) is 0 Å². The molecule has 0 radical (unpaired) electrons. The lowest BCUT2D eigenvalue weighted by molar-refractivity contribution is -0.159. The SMILES string of the molecule is CC(=O)NCC12CC(C(=O)O)(C1)C1(CCNCC1)O2. The van der Waals surface area contributed by atoms with Gasteiger partial charge in [-0.1, -0.05) is 0 Å². The van der Waals surface area contributed by atoms with E-state index >= 15 is 0 Å². The fourth-order valence-corrected chi connectivity index (χ4v) is 4.16. The summed E-state index contributed by atoms with van der Waals surface area (Å²) < 4.78 is 6.23. The highest BCUT2D eigenvalue weighted by Crippen LogP contribution is 2.68. The normalized spacial score (nSPS) is 38.8. The molecule has 19 heavy (non-hydrogen) atoms. The molecular weight excluding hydrogens is 248 g/mol. The van der Waals surface area contributed by atoms with Gasteiger partial charge in [0.1, 0.15) is 5.41 Å². The molecule has 4 fully saturated rings. The Kier molecular flexibility index (Phi) is 2.66. The molecule has 3 saturated heterocycles. The van der Waals surface area contributed by atoms with Crippen molar-refractivity contribution in [3.63, 3.8) is 0 Å². The maximum atomic E-state index is 11.7. The third-order valence-electron chi connectivity index (χ3n) is 5.01. The first-order valence-corrected chi connectivity index (χ1v) is 6.83. The fraction of sp³-hybridized carbons (Fsp3) is 0.846. The average Bonchev–Trinajstić information content (AvgIpc) is 2.72. The zero-order valence-electron chi connectivity index (χ0n) is 11.1. The summed E-state index contributed by atoms with van der Waals surface area (Å²) in [5.74, 6) is -0.845. The molecule has 2 bridgehead atoms. The number of piperidine rings is 1. The minimum absolute atomic E-state index is 0.0999. The summed E-state index contributed by atoms with van der Waals surface area (Å²) in [6, 6.07) is 0. The van der Waals surface area contributed by atoms with Gasteiger partial charge in [0.15, 0.2) is 0 Å². The molecular formula is C13H20N2O4. The van der Waals surface area contributed by atoms with E-state index in [-0.39, 0.29) is 5.91 Å². The molecule has 3 N–H and O–H groups in total. The van der Waals surface area contributed by atoms with Crippen LogP contribution in [0.3, 0.4) is 0 Å². The summed E-state index contributed by atoms with van der Waals surface area (Å²) in [5.41, 5.74) is -1.74. The van der Waals surface area contributed by atoms with Crippen molar-refractivity contribution in [3.05, 3.63) is 0 Å². The fourth-order valence-electron chi connectivity index (χ4n) is 4.16. The number of carbonyl (C=O) groups is 2. The van der Waals surface area contributed by atoms with Crippen LogP contribution in [0.25, 0.3) is 0 Å². The highest BCUT2D eigenvalue weighted by atomic mass is 16.5. The Morgan fingerprint density at radius 3 is 2.47 bits per heavy atom. The summed E-state index contributed by atoms with van der Waals surface area (Å²) in [6.45, 7) is 3.48. The van der Waals surface area contributed by atoms with Crippen molar-refractivity contribution in [1.82, 2.24) is 10.6 Å². The summed E-state index contributed by atoms with van der Waals surface area (Å²) in [7, 11) is 0. The van der Waals surface area contributed by atoms with E-state index in [1.807, 2.05) is 0 Å². The minimum atomic E-state index is -0.745. The van der Waals surface area contributed by atoms with Crippen molar-refractivity contribution < 1.29 is 19.4 Å². The molecule has 0 unspecified atom stereocenters. The Balaban J connectivity index is 1.82. The van der Waals surface area contributed by atoms with E-state index in [0.717, 1.165) is 25.9 Å². The van der Waals surface area contributed by atoms with Gasteiger partial charge in [0.05, 0.1) is 11.2 Å². The number of nitrogens with one attached hydrogen (secondary N) is 2. The van der Waals surface area contributed by atoms with Crippen LogP contribution in [0, 0.1) is 5.41 Å². The van der Waals surface area contributed by atoms with Gasteiger partial charge in [0, 0.05) is 13.5 Å².